The molecule has 27 heavy (non-hydrogen) atoms. The third-order valence-corrected chi connectivity index (χ3v) is 5.40. The Morgan fingerprint density at radius 1 is 1.30 bits per heavy atom. The van der Waals surface area contributed by atoms with Crippen LogP contribution in [0.4, 0.5) is 0 Å². The summed E-state index contributed by atoms with van der Waals surface area (Å²) in [5.41, 5.74) is 2.17. The second-order valence-corrected chi connectivity index (χ2v) is 7.75. The van der Waals surface area contributed by atoms with Crippen molar-refractivity contribution in [3.05, 3.63) is 41.1 Å². The monoisotopic (exact) mass is 388 g/mol. The summed E-state index contributed by atoms with van der Waals surface area (Å²) in [7, 11) is 0. The molecule has 1 aromatic carbocycles. The van der Waals surface area contributed by atoms with Gasteiger partial charge in [-0.1, -0.05) is 31.5 Å². The van der Waals surface area contributed by atoms with Gasteiger partial charge in [-0.15, -0.1) is 0 Å². The number of benzene rings is 1. The first kappa shape index (κ1) is 19.7. The van der Waals surface area contributed by atoms with Crippen LogP contribution >= 0.6 is 12.2 Å². The molecule has 0 aromatic heterocycles. The number of hydrogen-bond donors (Lipinski definition) is 2. The number of esters is 1. The van der Waals surface area contributed by atoms with Crippen LogP contribution in [0.25, 0.3) is 0 Å². The lowest BCUT2D eigenvalue weighted by atomic mass is 9.88. The Kier molecular flexibility index (Phi) is 6.37. The molecule has 0 spiro atoms. The van der Waals surface area contributed by atoms with Crippen LogP contribution in [-0.4, -0.2) is 23.8 Å². The van der Waals surface area contributed by atoms with Gasteiger partial charge < -0.3 is 20.1 Å². The first-order chi connectivity index (χ1) is 13.0. The first-order valence-corrected chi connectivity index (χ1v) is 10.1. The van der Waals surface area contributed by atoms with Crippen molar-refractivity contribution in [1.29, 1.82) is 0 Å². The van der Waals surface area contributed by atoms with Crippen molar-refractivity contribution in [2.24, 2.45) is 5.92 Å². The number of carbonyl (C=O) groups excluding carboxylic acids is 1. The molecule has 2 N–H and O–H groups in total. The summed E-state index contributed by atoms with van der Waals surface area (Å²) in [6, 6.07) is 7.33. The van der Waals surface area contributed by atoms with Crippen LogP contribution in [0.5, 0.6) is 5.75 Å². The molecule has 0 saturated heterocycles. The lowest BCUT2D eigenvalue weighted by molar-refractivity contribution is -0.146. The molecule has 1 fully saturated rings. The van der Waals surface area contributed by atoms with Gasteiger partial charge in [0.15, 0.2) is 5.11 Å². The predicted molar refractivity (Wildman–Crippen MR) is 109 cm³/mol. The zero-order chi connectivity index (χ0) is 19.4. The Hall–Kier alpha value is -2.08. The lowest BCUT2D eigenvalue weighted by Gasteiger charge is -2.32. The lowest BCUT2D eigenvalue weighted by Crippen LogP contribution is -2.45. The van der Waals surface area contributed by atoms with E-state index in [1.165, 1.54) is 6.42 Å². The Labute approximate surface area is 166 Å². The average Bonchev–Trinajstić information content (AvgIpc) is 2.61. The van der Waals surface area contributed by atoms with Gasteiger partial charge in [-0.3, -0.25) is 0 Å². The van der Waals surface area contributed by atoms with Crippen LogP contribution in [0.1, 0.15) is 58.1 Å². The van der Waals surface area contributed by atoms with E-state index in [2.05, 4.69) is 17.6 Å². The van der Waals surface area contributed by atoms with Crippen molar-refractivity contribution in [1.82, 2.24) is 10.6 Å². The van der Waals surface area contributed by atoms with Crippen LogP contribution < -0.4 is 15.4 Å². The van der Waals surface area contributed by atoms with Gasteiger partial charge in [-0.25, -0.2) is 4.79 Å². The fraction of sp³-hybridized carbons (Fsp3) is 0.524. The molecule has 2 aliphatic rings. The number of hydrogen-bond acceptors (Lipinski definition) is 4. The highest BCUT2D eigenvalue weighted by Crippen LogP contribution is 2.35. The van der Waals surface area contributed by atoms with E-state index in [1.54, 1.807) is 0 Å². The van der Waals surface area contributed by atoms with Crippen LogP contribution in [0.15, 0.2) is 35.5 Å². The van der Waals surface area contributed by atoms with Gasteiger partial charge in [-0.05, 0) is 57.3 Å². The average molecular weight is 389 g/mol. The quantitative estimate of drug-likeness (QED) is 0.587. The summed E-state index contributed by atoms with van der Waals surface area (Å²) < 4.78 is 11.7. The summed E-state index contributed by atoms with van der Waals surface area (Å²) in [5, 5.41) is 6.78. The fourth-order valence-electron chi connectivity index (χ4n) is 3.90. The van der Waals surface area contributed by atoms with E-state index in [4.69, 9.17) is 21.7 Å². The van der Waals surface area contributed by atoms with Crippen molar-refractivity contribution >= 4 is 23.3 Å². The zero-order valence-corrected chi connectivity index (χ0v) is 17.0. The second-order valence-electron chi connectivity index (χ2n) is 7.34. The number of rotatable bonds is 5. The largest absolute Gasteiger partial charge is 0.494 e. The molecule has 1 aliphatic carbocycles. The molecule has 146 valence electrons. The maximum absolute atomic E-state index is 13.1. The van der Waals surface area contributed by atoms with E-state index in [0.29, 0.717) is 23.2 Å². The van der Waals surface area contributed by atoms with Gasteiger partial charge in [0.25, 0.3) is 0 Å². The number of ether oxygens (including phenoxy) is 2. The van der Waals surface area contributed by atoms with Crippen molar-refractivity contribution in [3.63, 3.8) is 0 Å². The van der Waals surface area contributed by atoms with E-state index in [1.807, 2.05) is 38.1 Å². The highest BCUT2D eigenvalue weighted by atomic mass is 32.1. The van der Waals surface area contributed by atoms with E-state index < -0.39 is 6.04 Å². The van der Waals surface area contributed by atoms with Crippen LogP contribution in [0.2, 0.25) is 0 Å². The first-order valence-electron chi connectivity index (χ1n) is 9.70. The van der Waals surface area contributed by atoms with Gasteiger partial charge in [0.1, 0.15) is 11.9 Å². The Morgan fingerprint density at radius 2 is 2.07 bits per heavy atom. The highest BCUT2D eigenvalue weighted by molar-refractivity contribution is 7.80. The molecular formula is C21H28N2O3S. The van der Waals surface area contributed by atoms with Gasteiger partial charge >= 0.3 is 5.97 Å². The third-order valence-electron chi connectivity index (χ3n) is 5.18. The summed E-state index contributed by atoms with van der Waals surface area (Å²) >= 11 is 5.33. The molecule has 6 heteroatoms. The van der Waals surface area contributed by atoms with Crippen molar-refractivity contribution in [2.75, 3.05) is 6.61 Å². The molecule has 1 saturated carbocycles. The predicted octanol–water partition coefficient (Wildman–Crippen LogP) is 4.00. The summed E-state index contributed by atoms with van der Waals surface area (Å²) in [5.74, 6) is 1.05. The van der Waals surface area contributed by atoms with Crippen molar-refractivity contribution < 1.29 is 14.3 Å². The number of allylic oxidation sites excluding steroid dienone is 1. The van der Waals surface area contributed by atoms with Gasteiger partial charge in [-0.2, -0.15) is 0 Å². The van der Waals surface area contributed by atoms with E-state index >= 15 is 0 Å². The fourth-order valence-corrected chi connectivity index (χ4v) is 4.17. The molecule has 0 unspecified atom stereocenters. The van der Waals surface area contributed by atoms with Crippen molar-refractivity contribution in [3.8, 4) is 5.75 Å². The van der Waals surface area contributed by atoms with Crippen LogP contribution in [-0.2, 0) is 9.53 Å². The van der Waals surface area contributed by atoms with Gasteiger partial charge in [0, 0.05) is 11.3 Å². The van der Waals surface area contributed by atoms with E-state index in [-0.39, 0.29) is 12.1 Å². The number of carbonyl (C=O) groups is 1. The molecule has 0 amide bonds. The maximum atomic E-state index is 13.1. The number of nitrogens with one attached hydrogen (secondary N) is 2. The number of thiocarbonyl (C=S) groups is 1. The molecular weight excluding hydrogens is 360 g/mol. The van der Waals surface area contributed by atoms with Crippen LogP contribution in [0, 0.1) is 5.92 Å². The summed E-state index contributed by atoms with van der Waals surface area (Å²) in [6.45, 7) is 6.57. The SMILES string of the molecule is CCOc1ccccc1[C@H]1NC(=S)NC(C)=C1C(=O)O[C@@H]1CCC[C@@H](C)C1. The van der Waals surface area contributed by atoms with Crippen LogP contribution in [0.3, 0.4) is 0 Å². The van der Waals surface area contributed by atoms with E-state index in [0.717, 1.165) is 36.3 Å². The normalized spacial score (nSPS) is 25.4. The molecule has 1 aromatic rings. The zero-order valence-electron chi connectivity index (χ0n) is 16.2. The summed E-state index contributed by atoms with van der Waals surface area (Å²) in [4.78, 5) is 13.1. The van der Waals surface area contributed by atoms with E-state index in [9.17, 15) is 4.79 Å². The molecule has 5 nitrogen and oxygen atoms in total. The van der Waals surface area contributed by atoms with Crippen molar-refractivity contribution in [2.45, 2.75) is 58.6 Å². The minimum absolute atomic E-state index is 0.0155. The molecule has 0 radical (unpaired) electrons. The minimum atomic E-state index is -0.394. The molecule has 3 atom stereocenters. The van der Waals surface area contributed by atoms with Gasteiger partial charge in [0.2, 0.25) is 0 Å². The smallest absolute Gasteiger partial charge is 0.338 e. The highest BCUT2D eigenvalue weighted by Gasteiger charge is 2.34. The minimum Gasteiger partial charge on any atom is -0.494 e. The summed E-state index contributed by atoms with van der Waals surface area (Å²) in [6.07, 6.45) is 4.16. The number of para-hydroxylation sites is 1. The maximum Gasteiger partial charge on any atom is 0.338 e. The Morgan fingerprint density at radius 3 is 2.81 bits per heavy atom. The molecule has 1 heterocycles. The Bertz CT molecular complexity index is 747. The molecule has 1 aliphatic heterocycles. The Balaban J connectivity index is 1.89. The topological polar surface area (TPSA) is 59.6 Å². The molecule has 0 bridgehead atoms. The second kappa shape index (κ2) is 8.74. The molecule has 3 rings (SSSR count). The standard InChI is InChI=1S/C21H28N2O3S/c1-4-25-17-11-6-5-10-16(17)19-18(14(3)22-21(27)23-19)20(24)26-15-9-7-8-13(2)12-15/h5-6,10-11,13,15,19H,4,7-9,12H2,1-3H3,(H2,22,23,27)/t13-,15-,19-/m1/s1. The third kappa shape index (κ3) is 4.61. The van der Waals surface area contributed by atoms with Gasteiger partial charge in [0.05, 0.1) is 18.2 Å².